The summed E-state index contributed by atoms with van der Waals surface area (Å²) < 4.78 is 14.2. The number of halogens is 1. The average molecular weight is 402 g/mol. The number of hydrogen-bond donors (Lipinski definition) is 1. The molecule has 2 heterocycles. The minimum absolute atomic E-state index is 0.0672. The van der Waals surface area contributed by atoms with Crippen LogP contribution in [0.1, 0.15) is 55.1 Å². The van der Waals surface area contributed by atoms with E-state index in [-0.39, 0.29) is 12.2 Å². The molecule has 0 radical (unpaired) electrons. The summed E-state index contributed by atoms with van der Waals surface area (Å²) >= 11 is 1.56. The highest BCUT2D eigenvalue weighted by atomic mass is 32.2. The summed E-state index contributed by atoms with van der Waals surface area (Å²) in [5.74, 6) is 1.11. The number of nitrogens with two attached hydrogens (primary N) is 1. The van der Waals surface area contributed by atoms with E-state index >= 15 is 0 Å². The highest BCUT2D eigenvalue weighted by Gasteiger charge is 2.45. The third kappa shape index (κ3) is 4.37. The summed E-state index contributed by atoms with van der Waals surface area (Å²) in [5, 5.41) is 0.541. The third-order valence-corrected chi connectivity index (χ3v) is 6.73. The van der Waals surface area contributed by atoms with E-state index in [1.54, 1.807) is 24.0 Å². The van der Waals surface area contributed by atoms with E-state index in [0.29, 0.717) is 22.4 Å². The molecule has 3 rings (SSSR count). The molecule has 1 saturated carbocycles. The second-order valence-electron chi connectivity index (χ2n) is 7.62. The maximum Gasteiger partial charge on any atom is 0.185 e. The van der Waals surface area contributed by atoms with Crippen LogP contribution in [0.15, 0.2) is 46.6 Å². The molecule has 1 aromatic rings. The van der Waals surface area contributed by atoms with Gasteiger partial charge in [-0.2, -0.15) is 0 Å². The lowest BCUT2D eigenvalue weighted by Crippen LogP contribution is -2.47. The number of nitrogens with zero attached hydrogens (tertiary/aromatic N) is 2. The lowest BCUT2D eigenvalue weighted by atomic mass is 9.69. The summed E-state index contributed by atoms with van der Waals surface area (Å²) in [6.07, 6.45) is 9.64. The quantitative estimate of drug-likeness (QED) is 0.549. The van der Waals surface area contributed by atoms with Crippen molar-refractivity contribution in [3.8, 4) is 0 Å². The van der Waals surface area contributed by atoms with Gasteiger partial charge in [-0.15, -0.1) is 0 Å². The fraction of sp³-hybridized carbons (Fsp3) is 0.500. The molecular weight excluding hydrogens is 373 g/mol. The minimum atomic E-state index is -0.577. The van der Waals surface area contributed by atoms with Crippen molar-refractivity contribution in [2.75, 3.05) is 12.4 Å². The van der Waals surface area contributed by atoms with E-state index in [2.05, 4.69) is 4.98 Å². The largest absolute Gasteiger partial charge is 0.379 e. The summed E-state index contributed by atoms with van der Waals surface area (Å²) in [6, 6.07) is 3.62. The predicted molar refractivity (Wildman–Crippen MR) is 115 cm³/mol. The number of aliphatic imine (C=N–C) groups is 1. The van der Waals surface area contributed by atoms with E-state index in [9.17, 15) is 9.18 Å². The first kappa shape index (κ1) is 20.8. The molecule has 2 atom stereocenters. The lowest BCUT2D eigenvalue weighted by Gasteiger charge is -2.45. The van der Waals surface area contributed by atoms with Crippen molar-refractivity contribution >= 4 is 22.7 Å². The Morgan fingerprint density at radius 1 is 1.43 bits per heavy atom. The van der Waals surface area contributed by atoms with E-state index in [1.807, 2.05) is 32.1 Å². The van der Waals surface area contributed by atoms with Gasteiger partial charge in [-0.3, -0.25) is 14.8 Å². The number of fused-ring (bicyclic) bond motifs is 1. The number of pyridine rings is 1. The van der Waals surface area contributed by atoms with E-state index in [0.717, 1.165) is 42.6 Å². The second-order valence-corrected chi connectivity index (χ2v) is 8.66. The number of thioether (sulfide) groups is 1. The van der Waals surface area contributed by atoms with Gasteiger partial charge in [0, 0.05) is 18.4 Å². The first-order valence-corrected chi connectivity index (χ1v) is 10.8. The molecule has 1 aliphatic carbocycles. The minimum Gasteiger partial charge on any atom is -0.379 e. The molecule has 0 saturated heterocycles. The fourth-order valence-corrected chi connectivity index (χ4v) is 5.20. The average Bonchev–Trinajstić information content (AvgIpc) is 2.71. The number of carbonyl (C=O) groups is 1. The van der Waals surface area contributed by atoms with E-state index < -0.39 is 12.2 Å². The highest BCUT2D eigenvalue weighted by molar-refractivity contribution is 8.13. The van der Waals surface area contributed by atoms with Gasteiger partial charge >= 0.3 is 0 Å². The zero-order chi connectivity index (χ0) is 20.1. The van der Waals surface area contributed by atoms with Gasteiger partial charge in [0.05, 0.1) is 5.54 Å². The molecule has 0 spiro atoms. The van der Waals surface area contributed by atoms with Crippen molar-refractivity contribution in [2.45, 2.75) is 51.5 Å². The van der Waals surface area contributed by atoms with E-state index in [4.69, 9.17) is 10.7 Å². The van der Waals surface area contributed by atoms with Crippen LogP contribution in [-0.4, -0.2) is 33.9 Å². The van der Waals surface area contributed by atoms with Gasteiger partial charge in [-0.1, -0.05) is 42.8 Å². The second kappa shape index (κ2) is 9.03. The smallest absolute Gasteiger partial charge is 0.185 e. The molecule has 0 bridgehead atoms. The predicted octanol–water partition coefficient (Wildman–Crippen LogP) is 4.80. The number of aryl methyl sites for hydroxylation is 1. The van der Waals surface area contributed by atoms with Crippen molar-refractivity contribution in [3.05, 3.63) is 52.9 Å². The molecule has 1 aliphatic heterocycles. The summed E-state index contributed by atoms with van der Waals surface area (Å²) in [7, 11) is 0. The Hall–Kier alpha value is -1.95. The van der Waals surface area contributed by atoms with Gasteiger partial charge in [0.15, 0.2) is 11.0 Å². The lowest BCUT2D eigenvalue weighted by molar-refractivity contribution is 0.0989. The fourth-order valence-electron chi connectivity index (χ4n) is 4.15. The zero-order valence-electron chi connectivity index (χ0n) is 16.6. The molecule has 6 heteroatoms. The van der Waals surface area contributed by atoms with Crippen LogP contribution in [0.2, 0.25) is 0 Å². The summed E-state index contributed by atoms with van der Waals surface area (Å²) in [6.45, 7) is 3.23. The number of aromatic nitrogens is 1. The van der Waals surface area contributed by atoms with E-state index in [1.165, 1.54) is 0 Å². The molecule has 0 unspecified atom stereocenters. The van der Waals surface area contributed by atoms with Crippen LogP contribution in [0.25, 0.3) is 0 Å². The molecule has 0 aromatic carbocycles. The van der Waals surface area contributed by atoms with Gasteiger partial charge in [0.25, 0.3) is 0 Å². The van der Waals surface area contributed by atoms with Crippen molar-refractivity contribution in [1.29, 1.82) is 0 Å². The van der Waals surface area contributed by atoms with Crippen LogP contribution in [0.4, 0.5) is 4.39 Å². The Bertz CT molecular complexity index is 816. The number of carbonyl (C=O) groups excluding carboxylic acids is 1. The summed E-state index contributed by atoms with van der Waals surface area (Å²) in [4.78, 5) is 21.6. The van der Waals surface area contributed by atoms with Crippen molar-refractivity contribution in [2.24, 2.45) is 16.6 Å². The summed E-state index contributed by atoms with van der Waals surface area (Å²) in [5.41, 5.74) is 8.38. The van der Waals surface area contributed by atoms with Gasteiger partial charge in [-0.25, -0.2) is 4.39 Å². The molecule has 1 fully saturated rings. The number of ketones is 1. The van der Waals surface area contributed by atoms with Crippen LogP contribution in [0.5, 0.6) is 0 Å². The molecule has 2 aliphatic rings. The molecule has 0 amide bonds. The first-order chi connectivity index (χ1) is 13.5. The molecular formula is C22H28FN3OS. The van der Waals surface area contributed by atoms with Crippen LogP contribution in [0, 0.1) is 12.8 Å². The number of hydrogen-bond acceptors (Lipinski definition) is 5. The van der Waals surface area contributed by atoms with Crippen LogP contribution in [0.3, 0.4) is 0 Å². The number of amidine groups is 1. The molecule has 150 valence electrons. The van der Waals surface area contributed by atoms with Crippen molar-refractivity contribution < 1.29 is 9.18 Å². The number of Topliss-reactive ketones (excluding diaryl/α,β-unsaturated/α-hetero) is 1. The van der Waals surface area contributed by atoms with Gasteiger partial charge in [0.2, 0.25) is 0 Å². The highest BCUT2D eigenvalue weighted by Crippen LogP contribution is 2.47. The molecule has 1 aromatic heterocycles. The molecule has 2 N–H and O–H groups in total. The topological polar surface area (TPSA) is 68.3 Å². The van der Waals surface area contributed by atoms with Gasteiger partial charge < -0.3 is 5.73 Å². The maximum absolute atomic E-state index is 14.2. The normalized spacial score (nSPS) is 25.8. The Morgan fingerprint density at radius 3 is 2.93 bits per heavy atom. The van der Waals surface area contributed by atoms with Gasteiger partial charge in [-0.05, 0) is 55.4 Å². The molecule has 28 heavy (non-hydrogen) atoms. The Labute approximate surface area is 170 Å². The Kier molecular flexibility index (Phi) is 6.70. The maximum atomic E-state index is 14.2. The number of allylic oxidation sites excluding steroid dienone is 3. The monoisotopic (exact) mass is 401 g/mol. The Morgan fingerprint density at radius 2 is 2.25 bits per heavy atom. The Balaban J connectivity index is 1.88. The third-order valence-electron chi connectivity index (χ3n) is 5.77. The van der Waals surface area contributed by atoms with Crippen molar-refractivity contribution in [1.82, 2.24) is 4.98 Å². The number of alkyl halides is 1. The standard InChI is InChI=1S/C22H28FN3OS/c1-3-16(11-20(27)19-8-7-15(2)13-25-19)10-18(12-23)22-9-5-4-6-17(22)14-28-21(24)26-22/h3,7-8,10,13,17H,4-6,9,11-12,14H2,1-2H3,(H2,24,26)/b16-3+,18-10+/t17-,22-/m0/s1. The van der Waals surface area contributed by atoms with Gasteiger partial charge in [0.1, 0.15) is 12.4 Å². The SMILES string of the molecule is C/C=C(\C=C(/CF)[C@]12CCCC[C@H]1CSC(N)=N2)CC(=O)c1ccc(C)cn1. The van der Waals surface area contributed by atoms with Crippen LogP contribution >= 0.6 is 11.8 Å². The zero-order valence-corrected chi connectivity index (χ0v) is 17.4. The van der Waals surface area contributed by atoms with Crippen LogP contribution in [-0.2, 0) is 0 Å². The van der Waals surface area contributed by atoms with Crippen LogP contribution < -0.4 is 5.73 Å². The molecule has 4 nitrogen and oxygen atoms in total. The number of rotatable bonds is 6. The first-order valence-electron chi connectivity index (χ1n) is 9.84. The van der Waals surface area contributed by atoms with Crippen molar-refractivity contribution in [3.63, 3.8) is 0 Å².